The predicted octanol–water partition coefficient (Wildman–Crippen LogP) is 12.4. The number of benzene rings is 5. The van der Waals surface area contributed by atoms with Crippen LogP contribution in [0.15, 0.2) is 116 Å². The van der Waals surface area contributed by atoms with Gasteiger partial charge in [0.25, 0.3) is 0 Å². The summed E-state index contributed by atoms with van der Waals surface area (Å²) >= 11 is 0. The van der Waals surface area contributed by atoms with Crippen LogP contribution < -0.4 is 29.1 Å². The topological polar surface area (TPSA) is 62.1 Å². The Morgan fingerprint density at radius 3 is 1.38 bits per heavy atom. The van der Waals surface area contributed by atoms with Crippen LogP contribution in [0.2, 0.25) is 0 Å². The second-order valence-electron chi connectivity index (χ2n) is 17.2. The third kappa shape index (κ3) is 8.22. The maximum absolute atomic E-state index is 8.33. The van der Waals surface area contributed by atoms with Crippen LogP contribution in [-0.4, -0.2) is 28.5 Å². The van der Waals surface area contributed by atoms with Gasteiger partial charge in [-0.25, -0.2) is 16.0 Å². The van der Waals surface area contributed by atoms with Crippen molar-refractivity contribution in [2.24, 2.45) is 0 Å². The number of anilines is 6. The van der Waals surface area contributed by atoms with E-state index in [1.54, 1.807) is 53.7 Å². The Labute approximate surface area is 407 Å². The molecule has 326 valence electrons. The summed E-state index contributed by atoms with van der Waals surface area (Å²) in [6.07, 6.45) is 3.43. The Bertz CT molecular complexity index is 3010. The predicted molar refractivity (Wildman–Crippen MR) is 245 cm³/mol. The van der Waals surface area contributed by atoms with E-state index in [0.717, 1.165) is 21.9 Å². The van der Waals surface area contributed by atoms with Crippen LogP contribution in [0.5, 0.6) is 23.3 Å². The molecule has 3 aromatic heterocycles. The molecule has 11 heteroatoms. The van der Waals surface area contributed by atoms with E-state index < -0.39 is 14.0 Å². The van der Waals surface area contributed by atoms with Crippen molar-refractivity contribution >= 4 is 55.9 Å². The van der Waals surface area contributed by atoms with Crippen molar-refractivity contribution in [3.8, 4) is 28.9 Å². The van der Waals surface area contributed by atoms with Gasteiger partial charge in [0, 0.05) is 97.6 Å². The molecule has 0 fully saturated rings. The Kier molecular flexibility index (Phi) is 9.83. The number of hydrogen-bond acceptors (Lipinski definition) is 8. The van der Waals surface area contributed by atoms with Crippen molar-refractivity contribution in [3.05, 3.63) is 164 Å². The molecule has 2 aliphatic heterocycles. The first kappa shape index (κ1) is 36.8. The van der Waals surface area contributed by atoms with Crippen molar-refractivity contribution in [2.45, 2.75) is 52.4 Å². The second-order valence-corrected chi connectivity index (χ2v) is 17.2. The van der Waals surface area contributed by atoms with Crippen LogP contribution in [-0.2, 0) is 53.0 Å². The Hall–Kier alpha value is -5.62. The number of hydrogen-bond donors (Lipinski definition) is 0. The summed E-state index contributed by atoms with van der Waals surface area (Å²) in [5.41, 5.74) is 6.81. The van der Waals surface area contributed by atoms with Gasteiger partial charge in [0.15, 0.2) is 0 Å². The molecule has 0 saturated carbocycles. The van der Waals surface area contributed by atoms with Gasteiger partial charge >= 0.3 is 0 Å². The number of rotatable bonds is 7. The van der Waals surface area contributed by atoms with E-state index in [-0.39, 0.29) is 64.5 Å². The molecule has 0 bridgehead atoms. The summed E-state index contributed by atoms with van der Waals surface area (Å²) < 4.78 is 65.0. The fourth-order valence-corrected chi connectivity index (χ4v) is 7.72. The second kappa shape index (κ2) is 16.8. The van der Waals surface area contributed by atoms with Gasteiger partial charge in [-0.05, 0) is 72.3 Å². The van der Waals surface area contributed by atoms with Crippen LogP contribution in [0, 0.1) is 37.6 Å². The molecule has 0 unspecified atom stereocenters. The average molecular weight is 1200 g/mol. The zero-order valence-corrected chi connectivity index (χ0v) is 39.7. The minimum absolute atomic E-state index is 0. The van der Waals surface area contributed by atoms with Crippen molar-refractivity contribution < 1.29 is 59.8 Å². The van der Waals surface area contributed by atoms with Crippen LogP contribution >= 0.6 is 0 Å². The summed E-state index contributed by atoms with van der Waals surface area (Å²) in [6, 6.07) is 46.0. The van der Waals surface area contributed by atoms with Gasteiger partial charge in [0.2, 0.25) is 11.8 Å². The SMILES string of the molecule is [2H]C([2H])([2H])N1[CH-]N(c2[c-]c3c(cc2)c2ccc(N4[CH-]N(C([2H])([2H])[2H])c5ccccc54)[c-]c2n3-c2[c-]c(Oc3cc(C(C)(C)C)ccn3)cc(Oc3cc(C(C)(C)C)ccn3)[c-]2)c2ccccc21.[Pt].[Pt]. The van der Waals surface area contributed by atoms with E-state index >= 15 is 0 Å². The minimum atomic E-state index is -2.45. The molecule has 0 atom stereocenters. The summed E-state index contributed by atoms with van der Waals surface area (Å²) in [5, 5.41) is 1.60. The Morgan fingerprint density at radius 1 is 0.540 bits per heavy atom. The third-order valence-electron chi connectivity index (χ3n) is 10.9. The fraction of sp³-hybridized carbons (Fsp3) is 0.192. The van der Waals surface area contributed by atoms with E-state index in [4.69, 9.17) is 17.7 Å². The van der Waals surface area contributed by atoms with Gasteiger partial charge in [0.1, 0.15) is 0 Å². The van der Waals surface area contributed by atoms with Gasteiger partial charge in [-0.2, -0.15) is 54.1 Å². The molecule has 10 rings (SSSR count). The normalized spacial score (nSPS) is 15.3. The molecule has 0 radical (unpaired) electrons. The molecule has 0 N–H and O–H groups in total. The molecule has 5 heterocycles. The standard InChI is InChI=1S/C52H45N7O2.2Pt/c1-51(2,3)34-21-23-53-49(25-34)60-39-27-38(28-40(31-39)61-50-26-35(22-24-54-50)52(4,5)6)59-47-29-36(57-32-55(7)43-13-9-11-15-45(43)57)17-19-41(47)42-20-18-37(30-48(42)59)58-33-56(8)44-14-10-12-16-46(44)58;;/h9-26,31-33H,1-8H3;;/q-6;;/i7D3,8D3;;. The van der Waals surface area contributed by atoms with Gasteiger partial charge in [-0.1, -0.05) is 88.3 Å². The zero-order valence-electron chi connectivity index (χ0n) is 41.2. The van der Waals surface area contributed by atoms with E-state index in [1.807, 2.05) is 89.5 Å². The molecule has 0 spiro atoms. The molecule has 5 aromatic carbocycles. The Balaban J connectivity index is 0.00000321. The summed E-state index contributed by atoms with van der Waals surface area (Å²) in [5.74, 6) is 1.27. The van der Waals surface area contributed by atoms with E-state index in [0.29, 0.717) is 62.6 Å². The van der Waals surface area contributed by atoms with Crippen molar-refractivity contribution in [3.63, 3.8) is 0 Å². The largest absolute Gasteiger partial charge is 0.504 e. The van der Waals surface area contributed by atoms with Gasteiger partial charge in [-0.3, -0.25) is 12.1 Å². The van der Waals surface area contributed by atoms with Gasteiger partial charge in [0.05, 0.1) is 0 Å². The molecule has 0 aliphatic carbocycles. The molecule has 8 aromatic rings. The third-order valence-corrected chi connectivity index (χ3v) is 10.9. The van der Waals surface area contributed by atoms with Crippen molar-refractivity contribution in [1.29, 1.82) is 0 Å². The van der Waals surface area contributed by atoms with Crippen molar-refractivity contribution in [2.75, 3.05) is 33.6 Å². The molecule has 2 aliphatic rings. The maximum atomic E-state index is 8.33. The van der Waals surface area contributed by atoms with Crippen molar-refractivity contribution in [1.82, 2.24) is 14.5 Å². The van der Waals surface area contributed by atoms with E-state index in [2.05, 4.69) is 75.8 Å². The summed E-state index contributed by atoms with van der Waals surface area (Å²) in [4.78, 5) is 15.3. The first-order valence-electron chi connectivity index (χ1n) is 23.0. The molecular formula is C52H45N7O2Pt2-6. The van der Waals surface area contributed by atoms with E-state index in [1.165, 1.54) is 9.80 Å². The molecule has 63 heavy (non-hydrogen) atoms. The quantitative estimate of drug-likeness (QED) is 0.146. The van der Waals surface area contributed by atoms with Crippen LogP contribution in [0.4, 0.5) is 34.1 Å². The minimum Gasteiger partial charge on any atom is -0.504 e. The number of ether oxygens (including phenoxy) is 2. The van der Waals surface area contributed by atoms with Crippen LogP contribution in [0.25, 0.3) is 27.5 Å². The molecule has 0 amide bonds. The number of fused-ring (bicyclic) bond motifs is 5. The average Bonchev–Trinajstić information content (AvgIpc) is 3.96. The smallest absolute Gasteiger partial charge is 0.215 e. The van der Waals surface area contributed by atoms with Crippen LogP contribution in [0.3, 0.4) is 0 Å². The number of aromatic nitrogens is 3. The monoisotopic (exact) mass is 1200 g/mol. The first-order chi connectivity index (χ1) is 31.7. The zero-order chi connectivity index (χ0) is 47.2. The Morgan fingerprint density at radius 2 is 0.968 bits per heavy atom. The summed E-state index contributed by atoms with van der Waals surface area (Å²) in [6.45, 7) is 11.0. The number of nitrogens with zero attached hydrogens (tertiary/aromatic N) is 7. The van der Waals surface area contributed by atoms with Crippen LogP contribution in [0.1, 0.15) is 60.9 Å². The maximum Gasteiger partial charge on any atom is 0.215 e. The molecule has 9 nitrogen and oxygen atoms in total. The van der Waals surface area contributed by atoms with E-state index in [9.17, 15) is 0 Å². The number of pyridine rings is 2. The van der Waals surface area contributed by atoms with Gasteiger partial charge in [-0.15, -0.1) is 23.5 Å². The molecule has 0 saturated heterocycles. The van der Waals surface area contributed by atoms with Gasteiger partial charge < -0.3 is 33.6 Å². The summed E-state index contributed by atoms with van der Waals surface area (Å²) in [7, 11) is 0. The molecular weight excluding hydrogens is 1140 g/mol. The number of para-hydroxylation sites is 4. The first-order valence-corrected chi connectivity index (χ1v) is 20.0. The fourth-order valence-electron chi connectivity index (χ4n) is 7.72.